The Balaban J connectivity index is 3.89. The monoisotopic (exact) mass is 865 g/mol. The topological polar surface area (TPSA) is 37.3 Å². The number of rotatable bonds is 1. The second-order valence-corrected chi connectivity index (χ2v) is 24.0. The molecule has 0 amide bonds. The van der Waals surface area contributed by atoms with Crippen molar-refractivity contribution >= 4 is 149 Å². The van der Waals surface area contributed by atoms with Gasteiger partial charge in [0, 0.05) is 11.1 Å². The van der Waals surface area contributed by atoms with Crippen LogP contribution in [0.3, 0.4) is 0 Å². The van der Waals surface area contributed by atoms with Crippen LogP contribution in [0, 0.1) is 0 Å². The molecule has 0 saturated carbocycles. The minimum atomic E-state index is -1.05. The van der Waals surface area contributed by atoms with Gasteiger partial charge in [0.1, 0.15) is 0 Å². The molecule has 0 fully saturated rings. The highest BCUT2D eigenvalue weighted by atomic mass is 80.0. The highest BCUT2D eigenvalue weighted by Gasteiger charge is 2.37. The summed E-state index contributed by atoms with van der Waals surface area (Å²) in [6.07, 6.45) is 0. The Morgan fingerprint density at radius 1 is 0.762 bits per heavy atom. The molecule has 1 rings (SSSR count). The second-order valence-electron chi connectivity index (χ2n) is 3.74. The Kier molecular flexibility index (Phi) is 8.10. The predicted octanol–water partition coefficient (Wildman–Crippen LogP) is 8.27. The number of alkyl halides is 9. The Morgan fingerprint density at radius 2 is 1.10 bits per heavy atom. The summed E-state index contributed by atoms with van der Waals surface area (Å²) < 4.78 is -2.46. The molecule has 118 valence electrons. The van der Waals surface area contributed by atoms with Crippen LogP contribution in [-0.2, 0) is 6.43 Å². The highest BCUT2D eigenvalue weighted by molar-refractivity contribution is 9.39. The maximum Gasteiger partial charge on any atom is 0.336 e. The van der Waals surface area contributed by atoms with E-state index in [9.17, 15) is 9.90 Å². The highest BCUT2D eigenvalue weighted by Crippen LogP contribution is 2.54. The molecule has 0 atom stereocenters. The molecule has 0 aliphatic carbocycles. The summed E-state index contributed by atoms with van der Waals surface area (Å²) in [7, 11) is 0. The Labute approximate surface area is 197 Å². The lowest BCUT2D eigenvalue weighted by molar-refractivity contribution is 0.0695. The largest absolute Gasteiger partial charge is 0.478 e. The molecule has 0 spiro atoms. The van der Waals surface area contributed by atoms with Crippen LogP contribution in [0.15, 0.2) is 12.1 Å². The van der Waals surface area contributed by atoms with E-state index < -0.39 is 12.4 Å². The summed E-state index contributed by atoms with van der Waals surface area (Å²) in [5, 5.41) is 9.61. The molecular weight excluding hydrogens is 871 g/mol. The maximum absolute atomic E-state index is 11.7. The van der Waals surface area contributed by atoms with Gasteiger partial charge in [0.15, 0.2) is 6.43 Å². The zero-order valence-corrected chi connectivity index (χ0v) is 23.7. The fourth-order valence-corrected chi connectivity index (χ4v) is 4.05. The van der Waals surface area contributed by atoms with Gasteiger partial charge in [0.2, 0.25) is 0 Å². The number of halogens is 9. The Hall–Kier alpha value is 3.01. The van der Waals surface area contributed by atoms with Crippen molar-refractivity contribution in [3.05, 3.63) is 34.4 Å². The lowest BCUT2D eigenvalue weighted by atomic mass is 10.00. The van der Waals surface area contributed by atoms with Crippen LogP contribution in [0.2, 0.25) is 0 Å². The molecule has 21 heavy (non-hydrogen) atoms. The summed E-state index contributed by atoms with van der Waals surface area (Å²) in [5.41, 5.74) is 1.88. The normalized spacial score (nSPS) is 13.4. The molecule has 0 heterocycles. The molecule has 2 nitrogen and oxygen atoms in total. The van der Waals surface area contributed by atoms with Gasteiger partial charge in [0.25, 0.3) is 0 Å². The molecule has 0 bridgehead atoms. The summed E-state index contributed by atoms with van der Waals surface area (Å²) in [4.78, 5) is 11.7. The molecule has 0 saturated heterocycles. The van der Waals surface area contributed by atoms with Crippen LogP contribution < -0.4 is 0 Å². The molecule has 0 aliphatic rings. The van der Waals surface area contributed by atoms with Gasteiger partial charge in [0.05, 0.1) is 5.56 Å². The third kappa shape index (κ3) is 6.04. The first-order chi connectivity index (χ1) is 9.15. The van der Waals surface area contributed by atoms with E-state index in [0.717, 1.165) is 5.56 Å². The first kappa shape index (κ1) is 22.1. The molecule has 11 heteroatoms. The van der Waals surface area contributed by atoms with Crippen LogP contribution >= 0.6 is 143 Å². The van der Waals surface area contributed by atoms with Gasteiger partial charge >= 0.3 is 5.97 Å². The van der Waals surface area contributed by atoms with E-state index in [-0.39, 0.29) is 5.56 Å². The third-order valence-electron chi connectivity index (χ3n) is 2.29. The van der Waals surface area contributed by atoms with Gasteiger partial charge in [-0.05, 0) is 17.7 Å². The van der Waals surface area contributed by atoms with Crippen molar-refractivity contribution in [3.63, 3.8) is 0 Å². The van der Waals surface area contributed by atoms with Crippen molar-refractivity contribution < 1.29 is 9.90 Å². The average molecular weight is 874 g/mol. The van der Waals surface area contributed by atoms with Gasteiger partial charge in [-0.25, -0.2) is 4.79 Å². The first-order valence-corrected chi connectivity index (χ1v) is 11.9. The molecule has 0 aromatic heterocycles. The van der Waals surface area contributed by atoms with Crippen LogP contribution in [-0.4, -0.2) is 11.1 Å². The number of carboxylic acid groups (broad SMARTS) is 1. The van der Waals surface area contributed by atoms with E-state index in [1.165, 1.54) is 0 Å². The van der Waals surface area contributed by atoms with Gasteiger partial charge in [-0.1, -0.05) is 143 Å². The number of carbonyl (C=O) groups is 1. The molecule has 1 N–H and O–H groups in total. The molecular formula is C10H3Br9O2. The van der Waals surface area contributed by atoms with Gasteiger partial charge in [-0.3, -0.25) is 0 Å². The minimum Gasteiger partial charge on any atom is -0.478 e. The van der Waals surface area contributed by atoms with Crippen LogP contribution in [0.4, 0.5) is 0 Å². The number of carboxylic acids is 1. The smallest absolute Gasteiger partial charge is 0.336 e. The number of aromatic carboxylic acids is 1. The van der Waals surface area contributed by atoms with Crippen LogP contribution in [0.5, 0.6) is 0 Å². The minimum absolute atomic E-state index is 0.131. The fourth-order valence-electron chi connectivity index (χ4n) is 1.48. The molecule has 0 unspecified atom stereocenters. The quantitative estimate of drug-likeness (QED) is 0.289. The van der Waals surface area contributed by atoms with E-state index in [2.05, 4.69) is 143 Å². The van der Waals surface area contributed by atoms with E-state index in [1.807, 2.05) is 0 Å². The van der Waals surface area contributed by atoms with Crippen molar-refractivity contribution in [1.82, 2.24) is 0 Å². The van der Waals surface area contributed by atoms with Crippen molar-refractivity contribution in [2.45, 2.75) is 6.43 Å². The number of benzene rings is 1. The van der Waals surface area contributed by atoms with Crippen molar-refractivity contribution in [2.24, 2.45) is 0 Å². The summed E-state index contributed by atoms with van der Waals surface area (Å²) >= 11 is 30.6. The van der Waals surface area contributed by atoms with Crippen molar-refractivity contribution in [2.75, 3.05) is 0 Å². The predicted molar refractivity (Wildman–Crippen MR) is 119 cm³/mol. The Morgan fingerprint density at radius 3 is 1.29 bits per heavy atom. The summed E-state index contributed by atoms with van der Waals surface area (Å²) in [6.45, 7) is 0. The van der Waals surface area contributed by atoms with Crippen LogP contribution in [0.25, 0.3) is 0 Å². The maximum atomic E-state index is 11.7. The molecule has 1 aromatic carbocycles. The SMILES string of the molecule is O=C(O)c1c(C(Br)(Br)Br)cc(C(Br)(Br)Br)cc1C(Br)(Br)Br. The summed E-state index contributed by atoms with van der Waals surface area (Å²) in [5.74, 6) is -1.05. The lowest BCUT2D eigenvalue weighted by Gasteiger charge is -2.26. The second kappa shape index (κ2) is 7.72. The van der Waals surface area contributed by atoms with E-state index >= 15 is 0 Å². The van der Waals surface area contributed by atoms with E-state index in [0.29, 0.717) is 11.1 Å². The lowest BCUT2D eigenvalue weighted by Crippen LogP contribution is -2.18. The van der Waals surface area contributed by atoms with Gasteiger partial charge < -0.3 is 5.11 Å². The Bertz CT molecular complexity index is 530. The standard InChI is InChI=1S/C10H3Br9O2/c11-8(12,13)3-1-4(9(14,15)16)6(7(20)21)5(2-3)10(17,18)19/h1-2H,(H,20,21). The molecule has 1 aromatic rings. The third-order valence-corrected chi connectivity index (χ3v) is 6.23. The molecule has 0 aliphatic heterocycles. The number of hydrogen-bond donors (Lipinski definition) is 1. The average Bonchev–Trinajstić information content (AvgIpc) is 2.23. The molecule has 0 radical (unpaired) electrons. The van der Waals surface area contributed by atoms with Crippen molar-refractivity contribution in [1.29, 1.82) is 0 Å². The fraction of sp³-hybridized carbons (Fsp3) is 0.300. The number of hydrogen-bond acceptors (Lipinski definition) is 1. The summed E-state index contributed by atoms with van der Waals surface area (Å²) in [6, 6.07) is 3.48. The van der Waals surface area contributed by atoms with Gasteiger partial charge in [-0.2, -0.15) is 0 Å². The van der Waals surface area contributed by atoms with Gasteiger partial charge in [-0.15, -0.1) is 0 Å². The van der Waals surface area contributed by atoms with Crippen molar-refractivity contribution in [3.8, 4) is 0 Å². The van der Waals surface area contributed by atoms with E-state index in [1.54, 1.807) is 12.1 Å². The zero-order valence-electron chi connectivity index (χ0n) is 9.41. The van der Waals surface area contributed by atoms with Crippen LogP contribution in [0.1, 0.15) is 27.0 Å². The van der Waals surface area contributed by atoms with E-state index in [4.69, 9.17) is 0 Å². The zero-order chi connectivity index (χ0) is 16.8. The first-order valence-electron chi connectivity index (χ1n) is 4.78.